The van der Waals surface area contributed by atoms with Crippen molar-refractivity contribution in [3.8, 4) is 0 Å². The number of halogens is 2. The molecule has 1 aromatic heterocycles. The lowest BCUT2D eigenvalue weighted by atomic mass is 10.0. The number of urea groups is 1. The lowest BCUT2D eigenvalue weighted by Crippen LogP contribution is -2.52. The first-order valence-corrected chi connectivity index (χ1v) is 10.7. The lowest BCUT2D eigenvalue weighted by molar-refractivity contribution is 0.106. The summed E-state index contributed by atoms with van der Waals surface area (Å²) in [5.74, 6) is -1.72. The van der Waals surface area contributed by atoms with Crippen LogP contribution in [0.15, 0.2) is 54.6 Å². The molecule has 2 aromatic rings. The lowest BCUT2D eigenvalue weighted by Gasteiger charge is -2.37. The molecule has 0 spiro atoms. The Morgan fingerprint density at radius 2 is 2.00 bits per heavy atom. The highest BCUT2D eigenvalue weighted by molar-refractivity contribution is 5.80. The van der Waals surface area contributed by atoms with Crippen molar-refractivity contribution in [2.45, 2.75) is 25.1 Å². The molecule has 0 bridgehead atoms. The van der Waals surface area contributed by atoms with Gasteiger partial charge in [0.25, 0.3) is 0 Å². The zero-order chi connectivity index (χ0) is 22.4. The van der Waals surface area contributed by atoms with Crippen LogP contribution in [-0.4, -0.2) is 70.8 Å². The van der Waals surface area contributed by atoms with Gasteiger partial charge in [-0.25, -0.2) is 18.6 Å². The number of hydrogen-bond donors (Lipinski definition) is 0. The fraction of sp³-hybridized carbons (Fsp3) is 0.391. The summed E-state index contributed by atoms with van der Waals surface area (Å²) in [4.78, 5) is 23.1. The number of allylic oxidation sites excluding steroid dienone is 1. The summed E-state index contributed by atoms with van der Waals surface area (Å²) in [6.45, 7) is 4.13. The number of hydrogen-bond acceptors (Lipinski definition) is 4. The molecule has 0 saturated carbocycles. The second-order valence-corrected chi connectivity index (χ2v) is 8.39. The molecule has 1 aliphatic carbocycles. The monoisotopic (exact) mass is 441 g/mol. The number of piperazine rings is 1. The standard InChI is InChI=1S/C23H25F2N5O2/c1-15-11-28(14-26-15)21-6-4-17(10-22(21)32-2)30-13-18-12-27(7-8-29(18)23(30)31)16-3-5-19(24)20(25)9-16/h3-6,9-11,14,18,21-22H,7-8,12-13H2,1-2H3. The number of amides is 2. The Bertz CT molecular complexity index is 1100. The van der Waals surface area contributed by atoms with Crippen LogP contribution < -0.4 is 4.90 Å². The maximum absolute atomic E-state index is 13.7. The molecule has 0 N–H and O–H groups in total. The second-order valence-electron chi connectivity index (χ2n) is 8.39. The van der Waals surface area contributed by atoms with Crippen molar-refractivity contribution in [2.24, 2.45) is 0 Å². The number of carbonyl (C=O) groups is 1. The number of aryl methyl sites for hydroxylation is 1. The van der Waals surface area contributed by atoms with E-state index in [0.29, 0.717) is 31.9 Å². The number of ether oxygens (including phenoxy) is 1. The van der Waals surface area contributed by atoms with Gasteiger partial charge in [0.1, 0.15) is 6.10 Å². The third-order valence-corrected chi connectivity index (χ3v) is 6.42. The van der Waals surface area contributed by atoms with Gasteiger partial charge in [0, 0.05) is 56.9 Å². The van der Waals surface area contributed by atoms with Gasteiger partial charge in [-0.3, -0.25) is 4.90 Å². The Kier molecular flexibility index (Phi) is 5.21. The highest BCUT2D eigenvalue weighted by Crippen LogP contribution is 2.31. The van der Waals surface area contributed by atoms with Crippen molar-refractivity contribution < 1.29 is 18.3 Å². The number of methoxy groups -OCH3 is 1. The van der Waals surface area contributed by atoms with Crippen LogP contribution in [0.5, 0.6) is 0 Å². The molecule has 1 aromatic carbocycles. The van der Waals surface area contributed by atoms with Gasteiger partial charge in [0.05, 0.1) is 24.1 Å². The fourth-order valence-corrected chi connectivity index (χ4v) is 4.73. The van der Waals surface area contributed by atoms with E-state index in [1.807, 2.05) is 45.7 Å². The van der Waals surface area contributed by atoms with E-state index in [1.54, 1.807) is 24.4 Å². The molecule has 2 saturated heterocycles. The van der Waals surface area contributed by atoms with Crippen LogP contribution in [0.3, 0.4) is 0 Å². The Labute approximate surface area is 185 Å². The van der Waals surface area contributed by atoms with E-state index in [4.69, 9.17) is 4.74 Å². The Morgan fingerprint density at radius 3 is 2.72 bits per heavy atom. The first kappa shape index (κ1) is 20.7. The minimum Gasteiger partial charge on any atom is -0.375 e. The smallest absolute Gasteiger partial charge is 0.324 e. The molecule has 32 heavy (non-hydrogen) atoms. The van der Waals surface area contributed by atoms with Crippen LogP contribution in [0.1, 0.15) is 11.7 Å². The average molecular weight is 441 g/mol. The largest absolute Gasteiger partial charge is 0.375 e. The van der Waals surface area contributed by atoms with Gasteiger partial charge in [0.2, 0.25) is 0 Å². The van der Waals surface area contributed by atoms with E-state index < -0.39 is 11.6 Å². The number of carbonyl (C=O) groups excluding carboxylic acids is 1. The minimum absolute atomic E-state index is 0.0332. The maximum atomic E-state index is 13.7. The van der Waals surface area contributed by atoms with Crippen LogP contribution >= 0.6 is 0 Å². The summed E-state index contributed by atoms with van der Waals surface area (Å²) < 4.78 is 34.7. The fourth-order valence-electron chi connectivity index (χ4n) is 4.73. The van der Waals surface area contributed by atoms with Crippen molar-refractivity contribution in [3.63, 3.8) is 0 Å². The molecule has 3 atom stereocenters. The number of anilines is 1. The quantitative estimate of drug-likeness (QED) is 0.732. The topological polar surface area (TPSA) is 53.8 Å². The van der Waals surface area contributed by atoms with Gasteiger partial charge < -0.3 is 19.1 Å². The number of rotatable bonds is 4. The first-order valence-electron chi connectivity index (χ1n) is 10.7. The van der Waals surface area contributed by atoms with Crippen LogP contribution in [0, 0.1) is 18.6 Å². The van der Waals surface area contributed by atoms with E-state index in [2.05, 4.69) is 4.98 Å². The molecule has 9 heteroatoms. The number of benzene rings is 1. The molecule has 2 fully saturated rings. The molecule has 2 aliphatic heterocycles. The Balaban J connectivity index is 1.32. The Hall–Kier alpha value is -3.20. The van der Waals surface area contributed by atoms with Crippen LogP contribution in [-0.2, 0) is 4.74 Å². The predicted octanol–water partition coefficient (Wildman–Crippen LogP) is 3.11. The van der Waals surface area contributed by atoms with Crippen molar-refractivity contribution in [1.29, 1.82) is 0 Å². The van der Waals surface area contributed by atoms with Gasteiger partial charge in [-0.15, -0.1) is 0 Å². The van der Waals surface area contributed by atoms with Crippen LogP contribution in [0.25, 0.3) is 0 Å². The highest BCUT2D eigenvalue weighted by atomic mass is 19.2. The predicted molar refractivity (Wildman–Crippen MR) is 115 cm³/mol. The van der Waals surface area contributed by atoms with E-state index in [9.17, 15) is 13.6 Å². The third-order valence-electron chi connectivity index (χ3n) is 6.42. The zero-order valence-electron chi connectivity index (χ0n) is 18.0. The molecule has 3 unspecified atom stereocenters. The number of aromatic nitrogens is 2. The van der Waals surface area contributed by atoms with Gasteiger partial charge >= 0.3 is 6.03 Å². The van der Waals surface area contributed by atoms with Crippen molar-refractivity contribution in [3.05, 3.63) is 72.0 Å². The first-order chi connectivity index (χ1) is 15.4. The average Bonchev–Trinajstić information content (AvgIpc) is 3.38. The molecule has 3 heterocycles. The minimum atomic E-state index is -0.861. The molecular weight excluding hydrogens is 416 g/mol. The summed E-state index contributed by atoms with van der Waals surface area (Å²) in [6, 6.07) is 3.83. The third kappa shape index (κ3) is 3.56. The van der Waals surface area contributed by atoms with Crippen LogP contribution in [0.2, 0.25) is 0 Å². The molecular formula is C23H25F2N5O2. The van der Waals surface area contributed by atoms with Crippen molar-refractivity contribution in [1.82, 2.24) is 19.4 Å². The maximum Gasteiger partial charge on any atom is 0.324 e. The number of imidazole rings is 1. The SMILES string of the molecule is COC1C=C(N2CC3CN(c4ccc(F)c(F)c4)CCN3C2=O)C=CC1n1cnc(C)c1. The van der Waals surface area contributed by atoms with Crippen LogP contribution in [0.4, 0.5) is 19.3 Å². The van der Waals surface area contributed by atoms with E-state index in [0.717, 1.165) is 17.5 Å². The summed E-state index contributed by atoms with van der Waals surface area (Å²) >= 11 is 0. The molecule has 7 nitrogen and oxygen atoms in total. The summed E-state index contributed by atoms with van der Waals surface area (Å²) in [5, 5.41) is 0. The van der Waals surface area contributed by atoms with Crippen molar-refractivity contribution in [2.75, 3.05) is 38.2 Å². The molecule has 2 amide bonds. The van der Waals surface area contributed by atoms with E-state index in [1.165, 1.54) is 6.07 Å². The Morgan fingerprint density at radius 1 is 1.16 bits per heavy atom. The summed E-state index contributed by atoms with van der Waals surface area (Å²) in [5.41, 5.74) is 2.37. The van der Waals surface area contributed by atoms with Gasteiger partial charge in [-0.1, -0.05) is 6.08 Å². The van der Waals surface area contributed by atoms with E-state index >= 15 is 0 Å². The molecule has 5 rings (SSSR count). The number of nitrogens with zero attached hydrogens (tertiary/aromatic N) is 5. The molecule has 3 aliphatic rings. The molecule has 0 radical (unpaired) electrons. The highest BCUT2D eigenvalue weighted by Gasteiger charge is 2.42. The summed E-state index contributed by atoms with van der Waals surface area (Å²) in [6.07, 6.45) is 9.48. The summed E-state index contributed by atoms with van der Waals surface area (Å²) in [7, 11) is 1.66. The number of fused-ring (bicyclic) bond motifs is 1. The van der Waals surface area contributed by atoms with Gasteiger partial charge in [0.15, 0.2) is 11.6 Å². The zero-order valence-corrected chi connectivity index (χ0v) is 18.0. The normalized spacial score (nSPS) is 25.4. The second kappa shape index (κ2) is 8.05. The van der Waals surface area contributed by atoms with Gasteiger partial charge in [-0.05, 0) is 31.2 Å². The van der Waals surface area contributed by atoms with Crippen molar-refractivity contribution >= 4 is 11.7 Å². The van der Waals surface area contributed by atoms with E-state index in [-0.39, 0.29) is 24.2 Å². The molecule has 168 valence electrons. The van der Waals surface area contributed by atoms with Gasteiger partial charge in [-0.2, -0.15) is 0 Å².